The van der Waals surface area contributed by atoms with E-state index in [-0.39, 0.29) is 35.7 Å². The summed E-state index contributed by atoms with van der Waals surface area (Å²) in [5, 5.41) is 47.6. The molecule has 0 aliphatic heterocycles. The van der Waals surface area contributed by atoms with Gasteiger partial charge in [-0.15, -0.1) is 0 Å². The molecule has 0 heterocycles. The quantitative estimate of drug-likeness (QED) is 0.0850. The first-order chi connectivity index (χ1) is 25.0. The first kappa shape index (κ1) is 35.9. The van der Waals surface area contributed by atoms with Crippen molar-refractivity contribution in [1.82, 2.24) is 0 Å². The minimum Gasteiger partial charge on any atom is -0.480 e. The van der Waals surface area contributed by atoms with Gasteiger partial charge in [-0.1, -0.05) is 100 Å². The van der Waals surface area contributed by atoms with Crippen LogP contribution in [0.4, 0.5) is 0 Å². The first-order valence-corrected chi connectivity index (χ1v) is 17.7. The molecule has 0 amide bonds. The number of hydrazone groups is 2. The Labute approximate surface area is 303 Å². The number of nitrogens with zero attached hydrogens (tertiary/aromatic N) is 2. The Morgan fingerprint density at radius 1 is 0.615 bits per heavy atom. The van der Waals surface area contributed by atoms with Crippen LogP contribution in [0.2, 0.25) is 0 Å². The third-order valence-electron chi connectivity index (χ3n) is 11.1. The molecule has 2 atom stereocenters. The van der Waals surface area contributed by atoms with Crippen molar-refractivity contribution in [2.45, 2.75) is 77.0 Å². The normalized spacial score (nSPS) is 21.2. The molecule has 0 radical (unpaired) electrons. The Bertz CT molecular complexity index is 2030. The summed E-state index contributed by atoms with van der Waals surface area (Å²) in [6, 6.07) is 22.5. The van der Waals surface area contributed by atoms with Gasteiger partial charge in [0.2, 0.25) is 0 Å². The Morgan fingerprint density at radius 2 is 0.923 bits per heavy atom. The van der Waals surface area contributed by atoms with Crippen molar-refractivity contribution in [3.8, 4) is 11.1 Å². The Morgan fingerprint density at radius 3 is 1.19 bits per heavy atom. The van der Waals surface area contributed by atoms with E-state index in [1.807, 2.05) is 27.7 Å². The standard InChI is InChI=1S/C42H44N6O4/c1-5-23-17-27(18-24(6-2)35(23)41(39(49)50)21-33(47-45)37(43)29-13-9-11-15-31(29)41)28-19-25(7-3)36(26(8-4)20-28)42(40(51)52)22-34(48-46)38(44)30-14-10-12-16-32(30)42/h9-20,43-44H,5-8,21-22,45-46H2,1-4H3,(H,49,50)(H,51,52)/b43-37?,44-38?,47-33-,48-34+. The van der Waals surface area contributed by atoms with E-state index in [2.05, 4.69) is 34.5 Å². The SMILES string of the molecule is CCc1cc(-c2cc(CC)c(C3(C(=O)O)C/C(=N\N)C(=N)c4ccccc43)c(CC)c2)cc(CC)c1C1(C(=O)O)C/C(=N/N)C(=N)c2ccccc21. The van der Waals surface area contributed by atoms with E-state index in [0.717, 1.165) is 33.4 Å². The van der Waals surface area contributed by atoms with E-state index in [9.17, 15) is 19.8 Å². The summed E-state index contributed by atoms with van der Waals surface area (Å²) in [5.41, 5.74) is 6.42. The molecule has 4 aromatic rings. The number of carboxylic acid groups (broad SMARTS) is 2. The molecule has 0 aromatic heterocycles. The fourth-order valence-electron chi connectivity index (χ4n) is 8.67. The van der Waals surface area contributed by atoms with Gasteiger partial charge < -0.3 is 21.9 Å². The van der Waals surface area contributed by atoms with Gasteiger partial charge in [0.25, 0.3) is 0 Å². The fraction of sp³-hybridized carbons (Fsp3) is 0.286. The number of fused-ring (bicyclic) bond motifs is 2. The maximum Gasteiger partial charge on any atom is 0.319 e. The maximum atomic E-state index is 13.6. The van der Waals surface area contributed by atoms with Crippen LogP contribution in [-0.4, -0.2) is 45.0 Å². The number of rotatable bonds is 9. The van der Waals surface area contributed by atoms with Crippen molar-refractivity contribution in [3.63, 3.8) is 0 Å². The monoisotopic (exact) mass is 696 g/mol. The maximum absolute atomic E-state index is 13.6. The third-order valence-corrected chi connectivity index (χ3v) is 11.1. The van der Waals surface area contributed by atoms with Crippen LogP contribution in [0.15, 0.2) is 83.0 Å². The van der Waals surface area contributed by atoms with Gasteiger partial charge in [0.05, 0.1) is 22.8 Å². The summed E-state index contributed by atoms with van der Waals surface area (Å²) in [4.78, 5) is 27.3. The molecule has 2 aliphatic rings. The molecule has 2 unspecified atom stereocenters. The highest BCUT2D eigenvalue weighted by Crippen LogP contribution is 2.49. The predicted octanol–water partition coefficient (Wildman–Crippen LogP) is 6.52. The van der Waals surface area contributed by atoms with Gasteiger partial charge in [-0.25, -0.2) is 0 Å². The van der Waals surface area contributed by atoms with E-state index < -0.39 is 22.8 Å². The number of carbonyl (C=O) groups is 2. The lowest BCUT2D eigenvalue weighted by molar-refractivity contribution is -0.143. The number of benzene rings is 4. The molecule has 0 saturated heterocycles. The van der Waals surface area contributed by atoms with Gasteiger partial charge in [-0.05, 0) is 81.3 Å². The van der Waals surface area contributed by atoms with E-state index >= 15 is 0 Å². The highest BCUT2D eigenvalue weighted by Gasteiger charge is 2.52. The molecule has 10 nitrogen and oxygen atoms in total. The third kappa shape index (κ3) is 5.15. The van der Waals surface area contributed by atoms with E-state index in [1.165, 1.54) is 0 Å². The van der Waals surface area contributed by atoms with Crippen molar-refractivity contribution in [2.24, 2.45) is 21.9 Å². The van der Waals surface area contributed by atoms with Crippen LogP contribution in [-0.2, 0) is 46.1 Å². The smallest absolute Gasteiger partial charge is 0.319 e. The second-order valence-electron chi connectivity index (χ2n) is 13.5. The zero-order valence-electron chi connectivity index (χ0n) is 29.9. The lowest BCUT2D eigenvalue weighted by atomic mass is 9.61. The summed E-state index contributed by atoms with van der Waals surface area (Å²) in [6.07, 6.45) is 2.09. The van der Waals surface area contributed by atoms with Gasteiger partial charge in [0.15, 0.2) is 0 Å². The molecule has 0 saturated carbocycles. The van der Waals surface area contributed by atoms with Crippen molar-refractivity contribution in [1.29, 1.82) is 10.8 Å². The van der Waals surface area contributed by atoms with Crippen LogP contribution in [0.25, 0.3) is 11.1 Å². The van der Waals surface area contributed by atoms with Crippen LogP contribution >= 0.6 is 0 Å². The molecule has 10 heteroatoms. The molecule has 2 aliphatic carbocycles. The molecule has 6 rings (SSSR count). The minimum absolute atomic E-state index is 0.0486. The molecular weight excluding hydrogens is 652 g/mol. The second-order valence-corrected chi connectivity index (χ2v) is 13.5. The minimum atomic E-state index is -1.51. The van der Waals surface area contributed by atoms with E-state index in [4.69, 9.17) is 22.5 Å². The summed E-state index contributed by atoms with van der Waals surface area (Å²) in [7, 11) is 0. The molecular formula is C42H44N6O4. The van der Waals surface area contributed by atoms with Crippen molar-refractivity contribution in [3.05, 3.63) is 128 Å². The Balaban J connectivity index is 1.62. The van der Waals surface area contributed by atoms with Crippen LogP contribution in [0, 0.1) is 10.8 Å². The second kappa shape index (κ2) is 13.7. The largest absolute Gasteiger partial charge is 0.480 e. The van der Waals surface area contributed by atoms with Gasteiger partial charge in [-0.2, -0.15) is 10.2 Å². The number of nitrogens with one attached hydrogen (secondary N) is 2. The molecule has 52 heavy (non-hydrogen) atoms. The van der Waals surface area contributed by atoms with Gasteiger partial charge in [-0.3, -0.25) is 20.4 Å². The highest BCUT2D eigenvalue weighted by molar-refractivity contribution is 6.50. The summed E-state index contributed by atoms with van der Waals surface area (Å²) >= 11 is 0. The number of hydrogen-bond donors (Lipinski definition) is 6. The number of carboxylic acids is 2. The summed E-state index contributed by atoms with van der Waals surface area (Å²) < 4.78 is 0. The topological polar surface area (TPSA) is 199 Å². The van der Waals surface area contributed by atoms with Crippen molar-refractivity contribution in [2.75, 3.05) is 0 Å². The lowest BCUT2D eigenvalue weighted by Gasteiger charge is -2.40. The molecule has 0 spiro atoms. The number of aryl methyl sites for hydroxylation is 4. The average Bonchev–Trinajstić information content (AvgIpc) is 3.17. The van der Waals surface area contributed by atoms with Crippen LogP contribution in [0.3, 0.4) is 0 Å². The number of hydrogen-bond acceptors (Lipinski definition) is 8. The lowest BCUT2D eigenvalue weighted by Crippen LogP contribution is -2.47. The van der Waals surface area contributed by atoms with E-state index in [1.54, 1.807) is 48.5 Å². The summed E-state index contributed by atoms with van der Waals surface area (Å²) in [5.74, 6) is 9.50. The average molecular weight is 697 g/mol. The Kier molecular flexibility index (Phi) is 9.44. The zero-order valence-corrected chi connectivity index (χ0v) is 29.9. The Hall–Kier alpha value is -5.90. The van der Waals surface area contributed by atoms with Crippen LogP contribution in [0.1, 0.15) is 96.2 Å². The van der Waals surface area contributed by atoms with Gasteiger partial charge >= 0.3 is 11.9 Å². The van der Waals surface area contributed by atoms with E-state index in [0.29, 0.717) is 59.1 Å². The highest BCUT2D eigenvalue weighted by atomic mass is 16.4. The van der Waals surface area contributed by atoms with Crippen molar-refractivity contribution >= 4 is 34.8 Å². The first-order valence-electron chi connectivity index (χ1n) is 17.7. The fourth-order valence-corrected chi connectivity index (χ4v) is 8.67. The van der Waals surface area contributed by atoms with Gasteiger partial charge in [0, 0.05) is 24.0 Å². The number of aliphatic carboxylic acids is 2. The van der Waals surface area contributed by atoms with Crippen LogP contribution < -0.4 is 11.7 Å². The van der Waals surface area contributed by atoms with Crippen molar-refractivity contribution < 1.29 is 19.8 Å². The van der Waals surface area contributed by atoms with Crippen LogP contribution in [0.5, 0.6) is 0 Å². The number of nitrogens with two attached hydrogens (primary N) is 2. The molecule has 8 N–H and O–H groups in total. The molecule has 4 aromatic carbocycles. The molecule has 266 valence electrons. The zero-order chi connectivity index (χ0) is 37.5. The van der Waals surface area contributed by atoms with Gasteiger partial charge in [0.1, 0.15) is 10.8 Å². The molecule has 0 fully saturated rings. The summed E-state index contributed by atoms with van der Waals surface area (Å²) in [6.45, 7) is 8.04. The molecule has 0 bridgehead atoms. The predicted molar refractivity (Wildman–Crippen MR) is 205 cm³/mol.